The molecule has 0 atom stereocenters. The van der Waals surface area contributed by atoms with Crippen molar-refractivity contribution >= 4 is 17.8 Å². The van der Waals surface area contributed by atoms with Crippen LogP contribution in [0.25, 0.3) is 0 Å². The number of aryl methyl sites for hydroxylation is 4. The molecular weight excluding hydrogens is 234 g/mol. The van der Waals surface area contributed by atoms with E-state index >= 15 is 0 Å². The molecule has 2 heteroatoms. The highest BCUT2D eigenvalue weighted by molar-refractivity contribution is 5.89. The summed E-state index contributed by atoms with van der Waals surface area (Å²) in [5.74, 6) is 0. The van der Waals surface area contributed by atoms with E-state index in [1.165, 1.54) is 11.1 Å². The zero-order valence-electron chi connectivity index (χ0n) is 11.8. The first-order valence-electron chi connectivity index (χ1n) is 6.35. The second-order valence-corrected chi connectivity index (χ2v) is 5.01. The fourth-order valence-corrected chi connectivity index (χ4v) is 2.34. The van der Waals surface area contributed by atoms with E-state index in [-0.39, 0.29) is 0 Å². The van der Waals surface area contributed by atoms with Gasteiger partial charge in [0.05, 0.1) is 11.4 Å². The Morgan fingerprint density at radius 3 is 1.53 bits per heavy atom. The molecule has 0 fully saturated rings. The molecule has 0 spiro atoms. The number of benzene rings is 2. The Hall–Kier alpha value is -2.09. The predicted molar refractivity (Wildman–Crippen MR) is 79.7 cm³/mol. The molecule has 0 unspecified atom stereocenters. The summed E-state index contributed by atoms with van der Waals surface area (Å²) < 4.78 is 0. The van der Waals surface area contributed by atoms with Gasteiger partial charge in [0.1, 0.15) is 0 Å². The molecule has 19 heavy (non-hydrogen) atoms. The smallest absolute Gasteiger partial charge is 0.272 e. The van der Waals surface area contributed by atoms with Crippen LogP contribution in [0.2, 0.25) is 0 Å². The van der Waals surface area contributed by atoms with Crippen molar-refractivity contribution in [3.8, 4) is 0 Å². The third-order valence-corrected chi connectivity index (χ3v) is 3.28. The van der Waals surface area contributed by atoms with Gasteiger partial charge in [0.2, 0.25) is 0 Å². The van der Waals surface area contributed by atoms with E-state index in [4.69, 9.17) is 0 Å². The summed E-state index contributed by atoms with van der Waals surface area (Å²) in [6, 6.07) is 12.1. The summed E-state index contributed by atoms with van der Waals surface area (Å²) >= 11 is 0. The fraction of sp³-hybridized carbons (Fsp3) is 0.235. The second-order valence-electron chi connectivity index (χ2n) is 5.01. The van der Waals surface area contributed by atoms with Crippen molar-refractivity contribution in [2.24, 2.45) is 0 Å². The van der Waals surface area contributed by atoms with E-state index in [2.05, 4.69) is 12.1 Å². The average molecular weight is 252 g/mol. The predicted octanol–water partition coefficient (Wildman–Crippen LogP) is 4.13. The number of carbonyl (C=O) groups excluding carboxylic acids is 1. The average Bonchev–Trinajstić information content (AvgIpc) is 2.34. The normalized spacial score (nSPS) is 10.3. The lowest BCUT2D eigenvalue weighted by atomic mass is 10.1. The minimum atomic E-state index is 0.882. The summed E-state index contributed by atoms with van der Waals surface area (Å²) in [6.07, 6.45) is 2.04. The van der Waals surface area contributed by atoms with Crippen molar-refractivity contribution in [3.63, 3.8) is 0 Å². The van der Waals surface area contributed by atoms with Gasteiger partial charge >= 0.3 is 6.41 Å². The van der Waals surface area contributed by atoms with Crippen LogP contribution in [-0.4, -0.2) is 6.41 Å². The number of hydrogen-bond donors (Lipinski definition) is 0. The molecule has 0 aliphatic heterocycles. The van der Waals surface area contributed by atoms with Gasteiger partial charge < -0.3 is 0 Å². The Morgan fingerprint density at radius 2 is 1.21 bits per heavy atom. The first kappa shape index (κ1) is 13.3. The number of nitrogens with zero attached hydrogens (tertiary/aromatic N) is 1. The summed E-state index contributed by atoms with van der Waals surface area (Å²) in [5.41, 5.74) is 6.28. The molecule has 0 bridgehead atoms. The highest BCUT2D eigenvalue weighted by atomic mass is 16.1. The standard InChI is InChI=1S/C17H18NO/c1-12-5-7-16(14(3)9-12)18(11-19)17-8-6-13(2)10-15(17)4/h5-10H,1-4H3. The summed E-state index contributed by atoms with van der Waals surface area (Å²) in [4.78, 5) is 13.0. The summed E-state index contributed by atoms with van der Waals surface area (Å²) in [5, 5.41) is 0. The van der Waals surface area contributed by atoms with Crippen molar-refractivity contribution in [3.05, 3.63) is 58.7 Å². The van der Waals surface area contributed by atoms with E-state index < -0.39 is 0 Å². The Labute approximate surface area is 114 Å². The number of rotatable bonds is 3. The molecule has 0 aliphatic carbocycles. The molecule has 2 rings (SSSR count). The minimum absolute atomic E-state index is 0.882. The highest BCUT2D eigenvalue weighted by Crippen LogP contribution is 2.30. The van der Waals surface area contributed by atoms with Gasteiger partial charge in [-0.1, -0.05) is 35.4 Å². The van der Waals surface area contributed by atoms with Gasteiger partial charge in [-0.15, -0.1) is 0 Å². The van der Waals surface area contributed by atoms with Crippen LogP contribution >= 0.6 is 0 Å². The van der Waals surface area contributed by atoms with Gasteiger partial charge in [-0.25, -0.2) is 0 Å². The molecule has 0 saturated carbocycles. The minimum Gasteiger partial charge on any atom is -0.272 e. The van der Waals surface area contributed by atoms with E-state index in [1.54, 1.807) is 4.90 Å². The summed E-state index contributed by atoms with van der Waals surface area (Å²) in [6.45, 7) is 8.11. The van der Waals surface area contributed by atoms with Crippen molar-refractivity contribution in [2.45, 2.75) is 27.7 Å². The molecule has 0 N–H and O–H groups in total. The van der Waals surface area contributed by atoms with Gasteiger partial charge in [-0.2, -0.15) is 0 Å². The Morgan fingerprint density at radius 1 is 0.789 bits per heavy atom. The van der Waals surface area contributed by atoms with E-state index in [1.807, 2.05) is 58.4 Å². The molecule has 1 amide bonds. The van der Waals surface area contributed by atoms with Crippen LogP contribution in [0.1, 0.15) is 22.3 Å². The first-order chi connectivity index (χ1) is 9.02. The van der Waals surface area contributed by atoms with E-state index in [9.17, 15) is 4.79 Å². The molecule has 1 radical (unpaired) electrons. The quantitative estimate of drug-likeness (QED) is 0.752. The Kier molecular flexibility index (Phi) is 3.70. The third kappa shape index (κ3) is 2.68. The lowest BCUT2D eigenvalue weighted by Gasteiger charge is -2.21. The molecule has 0 heterocycles. The maximum absolute atomic E-state index is 11.4. The zero-order valence-corrected chi connectivity index (χ0v) is 11.8. The molecular formula is C17H18NO. The van der Waals surface area contributed by atoms with Crippen LogP contribution in [-0.2, 0) is 4.79 Å². The molecule has 0 saturated heterocycles. The number of anilines is 2. The summed E-state index contributed by atoms with van der Waals surface area (Å²) in [7, 11) is 0. The first-order valence-corrected chi connectivity index (χ1v) is 6.35. The molecule has 2 aromatic carbocycles. The fourth-order valence-electron chi connectivity index (χ4n) is 2.34. The number of amides is 1. The lowest BCUT2D eigenvalue weighted by Crippen LogP contribution is -2.16. The molecule has 0 aromatic heterocycles. The second kappa shape index (κ2) is 5.27. The van der Waals surface area contributed by atoms with Crippen LogP contribution in [0.3, 0.4) is 0 Å². The topological polar surface area (TPSA) is 20.3 Å². The SMILES string of the molecule is Cc1ccc(N([C]=O)c2ccc(C)cc2C)c(C)c1. The third-order valence-electron chi connectivity index (χ3n) is 3.28. The number of hydrogen-bond acceptors (Lipinski definition) is 1. The molecule has 2 aromatic rings. The zero-order chi connectivity index (χ0) is 14.0. The highest BCUT2D eigenvalue weighted by Gasteiger charge is 2.14. The molecule has 97 valence electrons. The van der Waals surface area contributed by atoms with Crippen LogP contribution in [0.4, 0.5) is 11.4 Å². The van der Waals surface area contributed by atoms with Crippen LogP contribution < -0.4 is 4.90 Å². The maximum atomic E-state index is 11.4. The van der Waals surface area contributed by atoms with Gasteiger partial charge in [-0.05, 0) is 51.0 Å². The lowest BCUT2D eigenvalue weighted by molar-refractivity contribution is 0.556. The van der Waals surface area contributed by atoms with E-state index in [0.29, 0.717) is 0 Å². The van der Waals surface area contributed by atoms with Gasteiger partial charge in [0.15, 0.2) is 0 Å². The molecule has 2 nitrogen and oxygen atoms in total. The van der Waals surface area contributed by atoms with Crippen molar-refractivity contribution in [2.75, 3.05) is 4.90 Å². The van der Waals surface area contributed by atoms with Gasteiger partial charge in [0.25, 0.3) is 0 Å². The molecule has 0 aliphatic rings. The van der Waals surface area contributed by atoms with Crippen LogP contribution in [0, 0.1) is 27.7 Å². The Balaban J connectivity index is 2.53. The van der Waals surface area contributed by atoms with Crippen LogP contribution in [0.5, 0.6) is 0 Å². The monoisotopic (exact) mass is 252 g/mol. The van der Waals surface area contributed by atoms with Crippen LogP contribution in [0.15, 0.2) is 36.4 Å². The van der Waals surface area contributed by atoms with Gasteiger partial charge in [0, 0.05) is 0 Å². The van der Waals surface area contributed by atoms with Crippen molar-refractivity contribution in [1.29, 1.82) is 0 Å². The maximum Gasteiger partial charge on any atom is 0.321 e. The largest absolute Gasteiger partial charge is 0.321 e. The van der Waals surface area contributed by atoms with E-state index in [0.717, 1.165) is 22.5 Å². The van der Waals surface area contributed by atoms with Crippen molar-refractivity contribution < 1.29 is 4.79 Å². The van der Waals surface area contributed by atoms with Gasteiger partial charge in [-0.3, -0.25) is 9.69 Å². The Bertz CT molecular complexity index is 565. The van der Waals surface area contributed by atoms with Crippen molar-refractivity contribution in [1.82, 2.24) is 0 Å².